The van der Waals surface area contributed by atoms with Gasteiger partial charge in [0.25, 0.3) is 0 Å². The van der Waals surface area contributed by atoms with Gasteiger partial charge in [-0.3, -0.25) is 0 Å². The fourth-order valence-corrected chi connectivity index (χ4v) is 3.41. The van der Waals surface area contributed by atoms with Gasteiger partial charge in [0.15, 0.2) is 0 Å². The third-order valence-corrected chi connectivity index (χ3v) is 4.35. The monoisotopic (exact) mass is 250 g/mol. The Kier molecular flexibility index (Phi) is 3.42. The molecule has 0 unspecified atom stereocenters. The fraction of sp³-hybridized carbons (Fsp3) is 0.368. The first-order chi connectivity index (χ1) is 9.31. The molecule has 0 heterocycles. The Bertz CT molecular complexity index is 593. The van der Waals surface area contributed by atoms with E-state index in [0.717, 1.165) is 0 Å². The molecule has 0 fully saturated rings. The molecular formula is C19H22. The lowest BCUT2D eigenvalue weighted by Crippen LogP contribution is -1.96. The van der Waals surface area contributed by atoms with Crippen molar-refractivity contribution in [3.63, 3.8) is 0 Å². The standard InChI is InChI=1S/C19H22/c1-3-7-16-14(2)8-4-12-18(16)19-13-6-10-15-9-5-11-17(15)19/h4,6,8,10,12-13H,3,5,7,9,11H2,1-2H3. The minimum absolute atomic E-state index is 1.19. The largest absolute Gasteiger partial charge is 0.0651 e. The van der Waals surface area contributed by atoms with Gasteiger partial charge in [-0.25, -0.2) is 0 Å². The van der Waals surface area contributed by atoms with Gasteiger partial charge < -0.3 is 0 Å². The second-order valence-corrected chi connectivity index (χ2v) is 5.65. The van der Waals surface area contributed by atoms with Crippen molar-refractivity contribution in [3.05, 3.63) is 58.7 Å². The van der Waals surface area contributed by atoms with Crippen LogP contribution < -0.4 is 0 Å². The Balaban J connectivity index is 2.17. The summed E-state index contributed by atoms with van der Waals surface area (Å²) in [5.41, 5.74) is 9.12. The summed E-state index contributed by atoms with van der Waals surface area (Å²) in [6.07, 6.45) is 6.24. The molecule has 2 aromatic rings. The van der Waals surface area contributed by atoms with Gasteiger partial charge in [0.2, 0.25) is 0 Å². The zero-order valence-corrected chi connectivity index (χ0v) is 12.0. The van der Waals surface area contributed by atoms with Crippen LogP contribution >= 0.6 is 0 Å². The molecule has 2 aromatic carbocycles. The molecule has 0 aromatic heterocycles. The molecular weight excluding hydrogens is 228 g/mol. The van der Waals surface area contributed by atoms with Crippen molar-refractivity contribution < 1.29 is 0 Å². The molecule has 0 heteroatoms. The normalized spacial score (nSPS) is 13.6. The first-order valence-corrected chi connectivity index (χ1v) is 7.51. The summed E-state index contributed by atoms with van der Waals surface area (Å²) in [7, 11) is 0. The predicted molar refractivity (Wildman–Crippen MR) is 82.6 cm³/mol. The SMILES string of the molecule is CCCc1c(C)cccc1-c1cccc2c1CCC2. The summed E-state index contributed by atoms with van der Waals surface area (Å²) in [6, 6.07) is 13.6. The van der Waals surface area contributed by atoms with E-state index in [-0.39, 0.29) is 0 Å². The average Bonchev–Trinajstić information content (AvgIpc) is 2.89. The van der Waals surface area contributed by atoms with Crippen molar-refractivity contribution >= 4 is 0 Å². The van der Waals surface area contributed by atoms with Crippen molar-refractivity contribution in [1.82, 2.24) is 0 Å². The Hall–Kier alpha value is -1.56. The van der Waals surface area contributed by atoms with Gasteiger partial charge in [0.05, 0.1) is 0 Å². The molecule has 0 saturated carbocycles. The number of fused-ring (bicyclic) bond motifs is 1. The van der Waals surface area contributed by atoms with Crippen molar-refractivity contribution in [1.29, 1.82) is 0 Å². The molecule has 98 valence electrons. The molecule has 1 aliphatic rings. The molecule has 0 bridgehead atoms. The van der Waals surface area contributed by atoms with Crippen LogP contribution in [-0.4, -0.2) is 0 Å². The molecule has 0 spiro atoms. The maximum atomic E-state index is 2.32. The second kappa shape index (κ2) is 5.21. The smallest absolute Gasteiger partial charge is 0.0146 e. The van der Waals surface area contributed by atoms with Crippen molar-refractivity contribution in [2.45, 2.75) is 46.0 Å². The Morgan fingerprint density at radius 3 is 2.58 bits per heavy atom. The van der Waals surface area contributed by atoms with Gasteiger partial charge in [-0.2, -0.15) is 0 Å². The first-order valence-electron chi connectivity index (χ1n) is 7.51. The summed E-state index contributed by atoms with van der Waals surface area (Å²) in [6.45, 7) is 4.52. The molecule has 0 atom stereocenters. The summed E-state index contributed by atoms with van der Waals surface area (Å²) >= 11 is 0. The topological polar surface area (TPSA) is 0 Å². The number of hydrogen-bond acceptors (Lipinski definition) is 0. The van der Waals surface area contributed by atoms with Gasteiger partial charge in [-0.05, 0) is 66.0 Å². The van der Waals surface area contributed by atoms with E-state index in [9.17, 15) is 0 Å². The lowest BCUT2D eigenvalue weighted by molar-refractivity contribution is 0.908. The van der Waals surface area contributed by atoms with Gasteiger partial charge in [-0.1, -0.05) is 49.7 Å². The minimum atomic E-state index is 1.19. The van der Waals surface area contributed by atoms with E-state index in [4.69, 9.17) is 0 Å². The van der Waals surface area contributed by atoms with Gasteiger partial charge in [-0.15, -0.1) is 0 Å². The van der Waals surface area contributed by atoms with Crippen LogP contribution in [0.2, 0.25) is 0 Å². The third-order valence-electron chi connectivity index (χ3n) is 4.35. The summed E-state index contributed by atoms with van der Waals surface area (Å²) in [4.78, 5) is 0. The van der Waals surface area contributed by atoms with Gasteiger partial charge >= 0.3 is 0 Å². The minimum Gasteiger partial charge on any atom is -0.0651 e. The quantitative estimate of drug-likeness (QED) is 0.710. The Labute approximate surface area is 116 Å². The van der Waals surface area contributed by atoms with Crippen molar-refractivity contribution in [2.75, 3.05) is 0 Å². The van der Waals surface area contributed by atoms with Crippen LogP contribution in [0.1, 0.15) is 42.0 Å². The highest BCUT2D eigenvalue weighted by molar-refractivity contribution is 5.73. The van der Waals surface area contributed by atoms with E-state index in [0.29, 0.717) is 0 Å². The van der Waals surface area contributed by atoms with Crippen LogP contribution in [0.5, 0.6) is 0 Å². The molecule has 19 heavy (non-hydrogen) atoms. The van der Waals surface area contributed by atoms with Gasteiger partial charge in [0.1, 0.15) is 0 Å². The zero-order chi connectivity index (χ0) is 13.2. The fourth-order valence-electron chi connectivity index (χ4n) is 3.41. The first kappa shape index (κ1) is 12.5. The van der Waals surface area contributed by atoms with E-state index in [2.05, 4.69) is 50.2 Å². The maximum Gasteiger partial charge on any atom is -0.0146 e. The van der Waals surface area contributed by atoms with Crippen molar-refractivity contribution in [2.24, 2.45) is 0 Å². The van der Waals surface area contributed by atoms with Crippen LogP contribution in [-0.2, 0) is 19.3 Å². The van der Waals surface area contributed by atoms with Crippen molar-refractivity contribution in [3.8, 4) is 11.1 Å². The molecule has 0 N–H and O–H groups in total. The summed E-state index contributed by atoms with van der Waals surface area (Å²) < 4.78 is 0. The van der Waals surface area contributed by atoms with Gasteiger partial charge in [0, 0.05) is 0 Å². The van der Waals surface area contributed by atoms with E-state index < -0.39 is 0 Å². The Morgan fingerprint density at radius 2 is 1.74 bits per heavy atom. The second-order valence-electron chi connectivity index (χ2n) is 5.65. The molecule has 1 aliphatic carbocycles. The molecule has 0 amide bonds. The number of benzene rings is 2. The number of rotatable bonds is 3. The molecule has 0 radical (unpaired) electrons. The molecule has 3 rings (SSSR count). The summed E-state index contributed by atoms with van der Waals surface area (Å²) in [5, 5.41) is 0. The van der Waals surface area contributed by atoms with E-state index >= 15 is 0 Å². The average molecular weight is 250 g/mol. The van der Waals surface area contributed by atoms with Crippen LogP contribution in [0, 0.1) is 6.92 Å². The third kappa shape index (κ3) is 2.20. The van der Waals surface area contributed by atoms with Crippen LogP contribution in [0.4, 0.5) is 0 Å². The molecule has 0 aliphatic heterocycles. The lowest BCUT2D eigenvalue weighted by atomic mass is 9.89. The number of aryl methyl sites for hydroxylation is 2. The lowest BCUT2D eigenvalue weighted by Gasteiger charge is -2.15. The highest BCUT2D eigenvalue weighted by Gasteiger charge is 2.17. The van der Waals surface area contributed by atoms with E-state index in [1.165, 1.54) is 48.8 Å². The Morgan fingerprint density at radius 1 is 0.947 bits per heavy atom. The molecule has 0 nitrogen and oxygen atoms in total. The van der Waals surface area contributed by atoms with E-state index in [1.807, 2.05) is 0 Å². The summed E-state index contributed by atoms with van der Waals surface area (Å²) in [5.74, 6) is 0. The van der Waals surface area contributed by atoms with Crippen LogP contribution in [0.15, 0.2) is 36.4 Å². The predicted octanol–water partition coefficient (Wildman–Crippen LogP) is 5.10. The highest BCUT2D eigenvalue weighted by atomic mass is 14.2. The maximum absolute atomic E-state index is 2.32. The van der Waals surface area contributed by atoms with E-state index in [1.54, 1.807) is 16.7 Å². The van der Waals surface area contributed by atoms with Crippen LogP contribution in [0.3, 0.4) is 0 Å². The molecule has 0 saturated heterocycles. The highest BCUT2D eigenvalue weighted by Crippen LogP contribution is 2.35. The number of hydrogen-bond donors (Lipinski definition) is 0. The van der Waals surface area contributed by atoms with Crippen LogP contribution in [0.25, 0.3) is 11.1 Å². The zero-order valence-electron chi connectivity index (χ0n) is 12.0.